The minimum absolute atomic E-state index is 0.138. The second kappa shape index (κ2) is 4.28. The topological polar surface area (TPSA) is 49.0 Å². The van der Waals surface area contributed by atoms with Crippen molar-refractivity contribution in [3.8, 4) is 0 Å². The molecule has 0 radical (unpaired) electrons. The number of carbonyl (C=O) groups is 1. The van der Waals surface area contributed by atoms with Crippen molar-refractivity contribution in [3.63, 3.8) is 0 Å². The van der Waals surface area contributed by atoms with Crippen molar-refractivity contribution in [1.29, 1.82) is 0 Å². The van der Waals surface area contributed by atoms with Crippen molar-refractivity contribution in [2.45, 2.75) is 39.2 Å². The van der Waals surface area contributed by atoms with Gasteiger partial charge >= 0.3 is 0 Å². The molecule has 1 N–H and O–H groups in total. The summed E-state index contributed by atoms with van der Waals surface area (Å²) in [6.45, 7) is 2.66. The fourth-order valence-corrected chi connectivity index (χ4v) is 2.51. The van der Waals surface area contributed by atoms with E-state index >= 15 is 0 Å². The molecular weight excluding hydrogens is 202 g/mol. The highest BCUT2D eigenvalue weighted by Gasteiger charge is 2.38. The molecule has 1 amide bonds. The summed E-state index contributed by atoms with van der Waals surface area (Å²) in [6, 6.07) is 0. The molecule has 1 fully saturated rings. The molecule has 4 nitrogen and oxygen atoms in total. The summed E-state index contributed by atoms with van der Waals surface area (Å²) in [5.74, 6) is 1.10. The largest absolute Gasteiger partial charge is 0.347 e. The van der Waals surface area contributed by atoms with Gasteiger partial charge in [0.2, 0.25) is 5.91 Å². The number of amides is 1. The molecule has 16 heavy (non-hydrogen) atoms. The third-order valence-corrected chi connectivity index (χ3v) is 3.51. The molecule has 1 aliphatic rings. The maximum Gasteiger partial charge on any atom is 0.228 e. The molecule has 2 rings (SSSR count). The van der Waals surface area contributed by atoms with Crippen LogP contribution in [0.5, 0.6) is 0 Å². The smallest absolute Gasteiger partial charge is 0.228 e. The van der Waals surface area contributed by atoms with Gasteiger partial charge in [-0.2, -0.15) is 0 Å². The van der Waals surface area contributed by atoms with Crippen molar-refractivity contribution >= 4 is 5.91 Å². The molecule has 0 aromatic carbocycles. The molecule has 1 aromatic heterocycles. The van der Waals surface area contributed by atoms with Gasteiger partial charge in [-0.05, 0) is 12.8 Å². The molecule has 0 bridgehead atoms. The van der Waals surface area contributed by atoms with Crippen molar-refractivity contribution in [2.75, 3.05) is 7.05 Å². The number of imidazole rings is 1. The van der Waals surface area contributed by atoms with Gasteiger partial charge in [-0.1, -0.05) is 19.8 Å². The van der Waals surface area contributed by atoms with Crippen LogP contribution in [0.2, 0.25) is 0 Å². The number of H-pyrrole nitrogens is 1. The lowest BCUT2D eigenvalue weighted by Crippen LogP contribution is -2.38. The van der Waals surface area contributed by atoms with E-state index in [2.05, 4.69) is 16.9 Å². The molecule has 1 heterocycles. The van der Waals surface area contributed by atoms with E-state index in [9.17, 15) is 4.79 Å². The second-order valence-corrected chi connectivity index (χ2v) is 4.96. The fourth-order valence-electron chi connectivity index (χ4n) is 2.51. The molecule has 1 saturated carbocycles. The zero-order valence-corrected chi connectivity index (χ0v) is 9.99. The zero-order chi connectivity index (χ0) is 11.6. The van der Waals surface area contributed by atoms with Crippen molar-refractivity contribution in [1.82, 2.24) is 14.9 Å². The van der Waals surface area contributed by atoms with Gasteiger partial charge in [0.25, 0.3) is 0 Å². The monoisotopic (exact) mass is 221 g/mol. The Morgan fingerprint density at radius 3 is 2.81 bits per heavy atom. The van der Waals surface area contributed by atoms with Crippen molar-refractivity contribution in [2.24, 2.45) is 5.41 Å². The van der Waals surface area contributed by atoms with Gasteiger partial charge in [-0.3, -0.25) is 4.79 Å². The normalized spacial score (nSPS) is 18.6. The van der Waals surface area contributed by atoms with Crippen molar-refractivity contribution in [3.05, 3.63) is 18.2 Å². The highest BCUT2D eigenvalue weighted by molar-refractivity contribution is 5.82. The summed E-state index contributed by atoms with van der Waals surface area (Å²) in [4.78, 5) is 21.2. The van der Waals surface area contributed by atoms with Crippen LogP contribution in [0.15, 0.2) is 12.4 Å². The van der Waals surface area contributed by atoms with E-state index < -0.39 is 0 Å². The van der Waals surface area contributed by atoms with Gasteiger partial charge in [0.15, 0.2) is 0 Å². The van der Waals surface area contributed by atoms with Gasteiger partial charge in [-0.15, -0.1) is 0 Å². The first kappa shape index (κ1) is 11.2. The average molecular weight is 221 g/mol. The number of carbonyl (C=O) groups excluding carboxylic acids is 1. The molecular formula is C12H19N3O. The molecule has 0 atom stereocenters. The molecule has 0 unspecified atom stereocenters. The number of nitrogens with zero attached hydrogens (tertiary/aromatic N) is 2. The van der Waals surface area contributed by atoms with Gasteiger partial charge in [0.1, 0.15) is 5.82 Å². The van der Waals surface area contributed by atoms with Crippen LogP contribution in [0, 0.1) is 5.41 Å². The SMILES string of the molecule is CN(Cc1ncc[nH]1)C(=O)C1(C)CCCC1. The first-order valence-corrected chi connectivity index (χ1v) is 5.86. The Morgan fingerprint density at radius 2 is 2.25 bits per heavy atom. The van der Waals surface area contributed by atoms with Crippen LogP contribution >= 0.6 is 0 Å². The first-order valence-electron chi connectivity index (χ1n) is 5.86. The minimum Gasteiger partial charge on any atom is -0.347 e. The first-order chi connectivity index (χ1) is 7.62. The third-order valence-electron chi connectivity index (χ3n) is 3.51. The molecule has 0 saturated heterocycles. The number of aromatic nitrogens is 2. The Morgan fingerprint density at radius 1 is 1.56 bits per heavy atom. The van der Waals surface area contributed by atoms with Crippen LogP contribution in [0.3, 0.4) is 0 Å². The third kappa shape index (κ3) is 2.10. The van der Waals surface area contributed by atoms with Crippen LogP contribution < -0.4 is 0 Å². The van der Waals surface area contributed by atoms with Crippen molar-refractivity contribution < 1.29 is 4.79 Å². The van der Waals surface area contributed by atoms with Crippen LogP contribution in [0.4, 0.5) is 0 Å². The van der Waals surface area contributed by atoms with Gasteiger partial charge in [0.05, 0.1) is 6.54 Å². The maximum atomic E-state index is 12.3. The van der Waals surface area contributed by atoms with Crippen LogP contribution in [0.25, 0.3) is 0 Å². The lowest BCUT2D eigenvalue weighted by atomic mass is 9.87. The molecule has 1 aromatic rings. The Balaban J connectivity index is 1.99. The van der Waals surface area contributed by atoms with E-state index in [0.29, 0.717) is 6.54 Å². The number of nitrogens with one attached hydrogen (secondary N) is 1. The van der Waals surface area contributed by atoms with Crippen LogP contribution in [0.1, 0.15) is 38.4 Å². The fraction of sp³-hybridized carbons (Fsp3) is 0.667. The lowest BCUT2D eigenvalue weighted by Gasteiger charge is -2.28. The predicted molar refractivity (Wildman–Crippen MR) is 61.6 cm³/mol. The zero-order valence-electron chi connectivity index (χ0n) is 9.99. The number of aromatic amines is 1. The number of hydrogen-bond donors (Lipinski definition) is 1. The summed E-state index contributed by atoms with van der Waals surface area (Å²) in [7, 11) is 1.86. The van der Waals surface area contributed by atoms with Gasteiger partial charge in [0, 0.05) is 24.9 Å². The summed E-state index contributed by atoms with van der Waals surface area (Å²) < 4.78 is 0. The second-order valence-electron chi connectivity index (χ2n) is 4.96. The van der Waals surface area contributed by atoms with E-state index in [1.807, 2.05) is 7.05 Å². The lowest BCUT2D eigenvalue weighted by molar-refractivity contribution is -0.140. The molecule has 0 aliphatic heterocycles. The summed E-state index contributed by atoms with van der Waals surface area (Å²) in [5, 5.41) is 0. The molecule has 1 aliphatic carbocycles. The summed E-state index contributed by atoms with van der Waals surface area (Å²) >= 11 is 0. The van der Waals surface area contributed by atoms with Gasteiger partial charge < -0.3 is 9.88 Å². The quantitative estimate of drug-likeness (QED) is 0.848. The van der Waals surface area contributed by atoms with E-state index in [4.69, 9.17) is 0 Å². The van der Waals surface area contributed by atoms with Gasteiger partial charge in [-0.25, -0.2) is 4.98 Å². The standard InChI is InChI=1S/C12H19N3O/c1-12(5-3-4-6-12)11(16)15(2)9-10-13-7-8-14-10/h7-8H,3-6,9H2,1-2H3,(H,13,14). The Labute approximate surface area is 96.1 Å². The summed E-state index contributed by atoms with van der Waals surface area (Å²) in [6.07, 6.45) is 7.90. The molecule has 88 valence electrons. The van der Waals surface area contributed by atoms with Crippen LogP contribution in [-0.4, -0.2) is 27.8 Å². The Bertz CT molecular complexity index is 352. The molecule has 4 heteroatoms. The predicted octanol–water partition coefficient (Wildman–Crippen LogP) is 1.95. The maximum absolute atomic E-state index is 12.3. The Kier molecular flexibility index (Phi) is 2.99. The van der Waals surface area contributed by atoms with E-state index in [1.165, 1.54) is 12.8 Å². The number of hydrogen-bond acceptors (Lipinski definition) is 2. The highest BCUT2D eigenvalue weighted by atomic mass is 16.2. The number of rotatable bonds is 3. The van der Waals surface area contributed by atoms with E-state index in [1.54, 1.807) is 17.3 Å². The van der Waals surface area contributed by atoms with E-state index in [-0.39, 0.29) is 11.3 Å². The summed E-state index contributed by atoms with van der Waals surface area (Å²) in [5.41, 5.74) is -0.138. The Hall–Kier alpha value is -1.32. The minimum atomic E-state index is -0.138. The highest BCUT2D eigenvalue weighted by Crippen LogP contribution is 2.38. The molecule has 0 spiro atoms. The average Bonchev–Trinajstić information content (AvgIpc) is 2.89. The van der Waals surface area contributed by atoms with Crippen LogP contribution in [-0.2, 0) is 11.3 Å². The van der Waals surface area contributed by atoms with E-state index in [0.717, 1.165) is 18.7 Å².